The van der Waals surface area contributed by atoms with E-state index in [-0.39, 0.29) is 0 Å². The van der Waals surface area contributed by atoms with Crippen molar-refractivity contribution in [2.45, 2.75) is 84.0 Å². The Morgan fingerprint density at radius 1 is 0.783 bits per heavy atom. The molecule has 0 amide bonds. The monoisotopic (exact) mass is 322 g/mol. The van der Waals surface area contributed by atoms with Crippen LogP contribution in [0.4, 0.5) is 8.78 Å². The topological polar surface area (TPSA) is 0 Å². The van der Waals surface area contributed by atoms with Crippen LogP contribution in [0, 0.1) is 23.5 Å². The van der Waals surface area contributed by atoms with Gasteiger partial charge < -0.3 is 0 Å². The number of benzene rings is 1. The predicted molar refractivity (Wildman–Crippen MR) is 93.5 cm³/mol. The van der Waals surface area contributed by atoms with E-state index in [1.54, 1.807) is 0 Å². The molecule has 0 heterocycles. The maximum atomic E-state index is 13.2. The standard InChI is InChI=1S/C21H32F2/c1-2-3-4-5-6-7-17-8-10-18(11-9-17)12-13-19-14-20(22)16-21(23)15-19/h14-18H,2-13H2,1H3. The normalized spacial score (nSPS) is 21.5. The second-order valence-electron chi connectivity index (χ2n) is 7.41. The Morgan fingerprint density at radius 3 is 1.96 bits per heavy atom. The molecule has 1 fully saturated rings. The summed E-state index contributed by atoms with van der Waals surface area (Å²) in [5.74, 6) is 0.774. The number of hydrogen-bond acceptors (Lipinski definition) is 0. The highest BCUT2D eigenvalue weighted by atomic mass is 19.1. The number of hydrogen-bond donors (Lipinski definition) is 0. The molecule has 1 saturated carbocycles. The average Bonchev–Trinajstić information content (AvgIpc) is 2.53. The molecule has 0 N–H and O–H groups in total. The van der Waals surface area contributed by atoms with Gasteiger partial charge in [0.2, 0.25) is 0 Å². The number of aryl methyl sites for hydroxylation is 1. The van der Waals surface area contributed by atoms with E-state index in [4.69, 9.17) is 0 Å². The second kappa shape index (κ2) is 10.1. The number of unbranched alkanes of at least 4 members (excludes halogenated alkanes) is 4. The van der Waals surface area contributed by atoms with E-state index in [0.29, 0.717) is 0 Å². The lowest BCUT2D eigenvalue weighted by Crippen LogP contribution is -2.15. The zero-order chi connectivity index (χ0) is 16.5. The Bertz CT molecular complexity index is 427. The van der Waals surface area contributed by atoms with Gasteiger partial charge in [0.15, 0.2) is 0 Å². The average molecular weight is 322 g/mol. The maximum Gasteiger partial charge on any atom is 0.126 e. The van der Waals surface area contributed by atoms with Gasteiger partial charge in [0, 0.05) is 6.07 Å². The minimum absolute atomic E-state index is 0.452. The zero-order valence-corrected chi connectivity index (χ0v) is 14.6. The van der Waals surface area contributed by atoms with Gasteiger partial charge in [-0.15, -0.1) is 0 Å². The van der Waals surface area contributed by atoms with E-state index < -0.39 is 11.6 Å². The summed E-state index contributed by atoms with van der Waals surface area (Å²) in [5, 5.41) is 0. The summed E-state index contributed by atoms with van der Waals surface area (Å²) in [4.78, 5) is 0. The molecule has 1 aliphatic rings. The van der Waals surface area contributed by atoms with Gasteiger partial charge in [0.25, 0.3) is 0 Å². The fraction of sp³-hybridized carbons (Fsp3) is 0.714. The molecule has 0 nitrogen and oxygen atoms in total. The Morgan fingerprint density at radius 2 is 1.35 bits per heavy atom. The van der Waals surface area contributed by atoms with Gasteiger partial charge in [-0.25, -0.2) is 8.78 Å². The fourth-order valence-corrected chi connectivity index (χ4v) is 3.97. The van der Waals surface area contributed by atoms with Gasteiger partial charge in [0.05, 0.1) is 0 Å². The molecule has 0 saturated heterocycles. The van der Waals surface area contributed by atoms with E-state index >= 15 is 0 Å². The Balaban J connectivity index is 1.61. The minimum Gasteiger partial charge on any atom is -0.207 e. The number of rotatable bonds is 9. The van der Waals surface area contributed by atoms with Gasteiger partial charge in [-0.2, -0.15) is 0 Å². The van der Waals surface area contributed by atoms with Crippen molar-refractivity contribution >= 4 is 0 Å². The molecule has 23 heavy (non-hydrogen) atoms. The van der Waals surface area contributed by atoms with Crippen molar-refractivity contribution in [3.05, 3.63) is 35.4 Å². The Hall–Kier alpha value is -0.920. The quantitative estimate of drug-likeness (QED) is 0.427. The summed E-state index contributed by atoms with van der Waals surface area (Å²) < 4.78 is 26.4. The van der Waals surface area contributed by atoms with Gasteiger partial charge in [-0.1, -0.05) is 71.1 Å². The molecule has 1 aromatic carbocycles. The van der Waals surface area contributed by atoms with E-state index in [2.05, 4.69) is 6.92 Å². The highest BCUT2D eigenvalue weighted by Crippen LogP contribution is 2.34. The van der Waals surface area contributed by atoms with Crippen LogP contribution in [0.2, 0.25) is 0 Å². The summed E-state index contributed by atoms with van der Waals surface area (Å²) in [7, 11) is 0. The van der Waals surface area contributed by atoms with Crippen LogP contribution in [0.25, 0.3) is 0 Å². The van der Waals surface area contributed by atoms with Gasteiger partial charge in [-0.05, 0) is 42.4 Å². The third-order valence-corrected chi connectivity index (χ3v) is 5.45. The van der Waals surface area contributed by atoms with Crippen LogP contribution in [-0.2, 0) is 6.42 Å². The van der Waals surface area contributed by atoms with Crippen molar-refractivity contribution in [2.75, 3.05) is 0 Å². The largest absolute Gasteiger partial charge is 0.207 e. The Kier molecular flexibility index (Phi) is 8.05. The van der Waals surface area contributed by atoms with Crippen molar-refractivity contribution < 1.29 is 8.78 Å². The molecule has 0 aliphatic heterocycles. The minimum atomic E-state index is -0.452. The number of halogens is 2. The van der Waals surface area contributed by atoms with E-state index in [0.717, 1.165) is 36.3 Å². The van der Waals surface area contributed by atoms with Crippen LogP contribution >= 0.6 is 0 Å². The van der Waals surface area contributed by atoms with Crippen molar-refractivity contribution in [3.8, 4) is 0 Å². The highest BCUT2D eigenvalue weighted by Gasteiger charge is 2.20. The van der Waals surface area contributed by atoms with Crippen molar-refractivity contribution in [1.82, 2.24) is 0 Å². The van der Waals surface area contributed by atoms with Gasteiger partial charge in [0.1, 0.15) is 11.6 Å². The van der Waals surface area contributed by atoms with Crippen LogP contribution in [0.15, 0.2) is 18.2 Å². The molecular formula is C21H32F2. The molecule has 0 atom stereocenters. The molecule has 2 heteroatoms. The zero-order valence-electron chi connectivity index (χ0n) is 14.6. The van der Waals surface area contributed by atoms with Crippen molar-refractivity contribution in [3.63, 3.8) is 0 Å². The van der Waals surface area contributed by atoms with E-state index in [1.807, 2.05) is 0 Å². The predicted octanol–water partition coefficient (Wildman–Crippen LogP) is 7.06. The molecule has 0 radical (unpaired) electrons. The summed E-state index contributed by atoms with van der Waals surface area (Å²) in [6, 6.07) is 3.91. The van der Waals surface area contributed by atoms with Crippen LogP contribution in [0.5, 0.6) is 0 Å². The molecule has 0 bridgehead atoms. The third-order valence-electron chi connectivity index (χ3n) is 5.45. The summed E-state index contributed by atoms with van der Waals surface area (Å²) >= 11 is 0. The summed E-state index contributed by atoms with van der Waals surface area (Å²) in [5.41, 5.74) is 0.806. The molecule has 0 spiro atoms. The fourth-order valence-electron chi connectivity index (χ4n) is 3.97. The molecular weight excluding hydrogens is 290 g/mol. The van der Waals surface area contributed by atoms with Crippen LogP contribution < -0.4 is 0 Å². The lowest BCUT2D eigenvalue weighted by Gasteiger charge is -2.28. The van der Waals surface area contributed by atoms with Crippen molar-refractivity contribution in [1.29, 1.82) is 0 Å². The molecule has 1 aromatic rings. The van der Waals surface area contributed by atoms with Gasteiger partial charge >= 0.3 is 0 Å². The van der Waals surface area contributed by atoms with Crippen LogP contribution in [0.3, 0.4) is 0 Å². The second-order valence-corrected chi connectivity index (χ2v) is 7.41. The Labute approximate surface area is 140 Å². The van der Waals surface area contributed by atoms with Gasteiger partial charge in [-0.3, -0.25) is 0 Å². The van der Waals surface area contributed by atoms with Crippen LogP contribution in [-0.4, -0.2) is 0 Å². The first kappa shape index (κ1) is 18.4. The first-order valence-corrected chi connectivity index (χ1v) is 9.62. The molecule has 0 unspecified atom stereocenters. The van der Waals surface area contributed by atoms with E-state index in [9.17, 15) is 8.78 Å². The van der Waals surface area contributed by atoms with Crippen molar-refractivity contribution in [2.24, 2.45) is 11.8 Å². The van der Waals surface area contributed by atoms with E-state index in [1.165, 1.54) is 76.3 Å². The smallest absolute Gasteiger partial charge is 0.126 e. The lowest BCUT2D eigenvalue weighted by atomic mass is 9.77. The molecule has 0 aromatic heterocycles. The van der Waals surface area contributed by atoms with Crippen LogP contribution in [0.1, 0.15) is 83.1 Å². The first-order valence-electron chi connectivity index (χ1n) is 9.62. The highest BCUT2D eigenvalue weighted by molar-refractivity contribution is 5.18. The summed E-state index contributed by atoms with van der Waals surface area (Å²) in [6.45, 7) is 2.26. The summed E-state index contributed by atoms with van der Waals surface area (Å²) in [6.07, 6.45) is 15.5. The molecule has 2 rings (SSSR count). The SMILES string of the molecule is CCCCCCCC1CCC(CCc2cc(F)cc(F)c2)CC1. The lowest BCUT2D eigenvalue weighted by molar-refractivity contribution is 0.248. The maximum absolute atomic E-state index is 13.2. The molecule has 1 aliphatic carbocycles. The third kappa shape index (κ3) is 7.01. The first-order chi connectivity index (χ1) is 11.2. The molecule has 130 valence electrons.